The number of piperidine rings is 1. The molecule has 1 aliphatic heterocycles. The Morgan fingerprint density at radius 2 is 2.11 bits per heavy atom. The fourth-order valence-corrected chi connectivity index (χ4v) is 2.62. The number of halogens is 1. The number of hydrogen-bond acceptors (Lipinski definition) is 3. The highest BCUT2D eigenvalue weighted by atomic mass is 127. The number of hydrogen-bond donors (Lipinski definition) is 2. The van der Waals surface area contributed by atoms with Gasteiger partial charge in [0.05, 0.1) is 0 Å². The Kier molecular flexibility index (Phi) is 12.3. The van der Waals surface area contributed by atoms with E-state index in [2.05, 4.69) is 33.7 Å². The number of thioether (sulfide) groups is 1. The molecule has 0 aromatic carbocycles. The van der Waals surface area contributed by atoms with Crippen LogP contribution in [0.2, 0.25) is 0 Å². The maximum atomic E-state index is 4.22. The van der Waals surface area contributed by atoms with Crippen molar-refractivity contribution in [2.45, 2.75) is 19.8 Å². The lowest BCUT2D eigenvalue weighted by Gasteiger charge is -2.30. The molecular weight excluding hydrogens is 371 g/mol. The molecule has 2 N–H and O–H groups in total. The summed E-state index contributed by atoms with van der Waals surface area (Å²) in [7, 11) is 1.83. The first-order valence-corrected chi connectivity index (χ1v) is 8.31. The Morgan fingerprint density at radius 1 is 1.37 bits per heavy atom. The van der Waals surface area contributed by atoms with Crippen LogP contribution in [0.1, 0.15) is 19.8 Å². The molecule has 4 nitrogen and oxygen atoms in total. The van der Waals surface area contributed by atoms with Gasteiger partial charge in [-0.1, -0.05) is 6.92 Å². The second-order valence-electron chi connectivity index (χ2n) is 4.97. The van der Waals surface area contributed by atoms with Crippen LogP contribution in [-0.4, -0.2) is 62.6 Å². The van der Waals surface area contributed by atoms with Crippen molar-refractivity contribution in [1.82, 2.24) is 15.5 Å². The molecule has 0 spiro atoms. The van der Waals surface area contributed by atoms with Crippen LogP contribution in [0.4, 0.5) is 0 Å². The molecule has 0 radical (unpaired) electrons. The van der Waals surface area contributed by atoms with Crippen LogP contribution in [0.15, 0.2) is 4.99 Å². The molecule has 0 aliphatic carbocycles. The minimum Gasteiger partial charge on any atom is -0.356 e. The average Bonchev–Trinajstić information content (AvgIpc) is 2.37. The monoisotopic (exact) mass is 400 g/mol. The van der Waals surface area contributed by atoms with E-state index in [-0.39, 0.29) is 24.0 Å². The van der Waals surface area contributed by atoms with E-state index in [1.807, 2.05) is 18.8 Å². The van der Waals surface area contributed by atoms with E-state index in [1.54, 1.807) is 0 Å². The van der Waals surface area contributed by atoms with Crippen molar-refractivity contribution >= 4 is 41.7 Å². The topological polar surface area (TPSA) is 39.7 Å². The lowest BCUT2D eigenvalue weighted by molar-refractivity contribution is 0.187. The largest absolute Gasteiger partial charge is 0.356 e. The summed E-state index contributed by atoms with van der Waals surface area (Å²) in [5.41, 5.74) is 0. The highest BCUT2D eigenvalue weighted by Gasteiger charge is 2.15. The number of nitrogens with one attached hydrogen (secondary N) is 2. The molecule has 0 saturated carbocycles. The Bertz CT molecular complexity index is 251. The van der Waals surface area contributed by atoms with Gasteiger partial charge in [-0.15, -0.1) is 24.0 Å². The van der Waals surface area contributed by atoms with Gasteiger partial charge in [-0.3, -0.25) is 4.99 Å². The molecule has 0 amide bonds. The summed E-state index contributed by atoms with van der Waals surface area (Å²) in [5.74, 6) is 2.90. The second kappa shape index (κ2) is 12.1. The van der Waals surface area contributed by atoms with Crippen molar-refractivity contribution < 1.29 is 0 Å². The predicted molar refractivity (Wildman–Crippen MR) is 98.0 cm³/mol. The molecule has 0 aromatic heterocycles. The van der Waals surface area contributed by atoms with Crippen molar-refractivity contribution in [3.63, 3.8) is 0 Å². The quantitative estimate of drug-likeness (QED) is 0.309. The van der Waals surface area contributed by atoms with E-state index in [9.17, 15) is 0 Å². The molecular formula is C13H29IN4S. The van der Waals surface area contributed by atoms with Gasteiger partial charge < -0.3 is 15.5 Å². The van der Waals surface area contributed by atoms with Gasteiger partial charge in [-0.05, 0) is 31.6 Å². The maximum absolute atomic E-state index is 4.22. The first-order chi connectivity index (χ1) is 8.76. The molecule has 1 aliphatic rings. The van der Waals surface area contributed by atoms with Crippen LogP contribution in [0.25, 0.3) is 0 Å². The number of aliphatic imine (C=N–C) groups is 1. The third-order valence-corrected chi connectivity index (χ3v) is 3.90. The number of rotatable bonds is 6. The third kappa shape index (κ3) is 8.96. The molecule has 0 bridgehead atoms. The molecule has 1 rings (SSSR count). The zero-order valence-corrected chi connectivity index (χ0v) is 15.6. The highest BCUT2D eigenvalue weighted by molar-refractivity contribution is 14.0. The van der Waals surface area contributed by atoms with Crippen LogP contribution in [-0.2, 0) is 0 Å². The fraction of sp³-hybridized carbons (Fsp3) is 0.923. The summed E-state index contributed by atoms with van der Waals surface area (Å²) in [6.07, 6.45) is 4.86. The molecule has 114 valence electrons. The lowest BCUT2D eigenvalue weighted by atomic mass is 10.0. The standard InChI is InChI=1S/C13H28N4S.HI/c1-12-5-4-8-17(11-12)9-6-15-13(14-2)16-7-10-18-3;/h12H,4-11H2,1-3H3,(H2,14,15,16);1H. The van der Waals surface area contributed by atoms with E-state index in [4.69, 9.17) is 0 Å². The van der Waals surface area contributed by atoms with Gasteiger partial charge in [0.25, 0.3) is 0 Å². The summed E-state index contributed by atoms with van der Waals surface area (Å²) in [6, 6.07) is 0. The summed E-state index contributed by atoms with van der Waals surface area (Å²) < 4.78 is 0. The number of likely N-dealkylation sites (tertiary alicyclic amines) is 1. The molecule has 19 heavy (non-hydrogen) atoms. The van der Waals surface area contributed by atoms with Crippen molar-refractivity contribution in [3.8, 4) is 0 Å². The Balaban J connectivity index is 0.00000324. The smallest absolute Gasteiger partial charge is 0.191 e. The van der Waals surface area contributed by atoms with Crippen molar-refractivity contribution in [3.05, 3.63) is 0 Å². The number of guanidine groups is 1. The van der Waals surface area contributed by atoms with Crippen molar-refractivity contribution in [2.75, 3.05) is 51.8 Å². The Morgan fingerprint density at radius 3 is 2.74 bits per heavy atom. The van der Waals surface area contributed by atoms with Gasteiger partial charge in [0.2, 0.25) is 0 Å². The van der Waals surface area contributed by atoms with Gasteiger partial charge in [0.15, 0.2) is 5.96 Å². The Labute approximate surface area is 139 Å². The van der Waals surface area contributed by atoms with Gasteiger partial charge in [0.1, 0.15) is 0 Å². The normalized spacial score (nSPS) is 20.8. The van der Waals surface area contributed by atoms with Crippen molar-refractivity contribution in [1.29, 1.82) is 0 Å². The highest BCUT2D eigenvalue weighted by Crippen LogP contribution is 2.14. The van der Waals surface area contributed by atoms with Crippen LogP contribution in [0.3, 0.4) is 0 Å². The maximum Gasteiger partial charge on any atom is 0.191 e. The first-order valence-electron chi connectivity index (χ1n) is 6.92. The first kappa shape index (κ1) is 19.3. The Hall–Kier alpha value is 0.310. The molecule has 1 fully saturated rings. The van der Waals surface area contributed by atoms with Gasteiger partial charge >= 0.3 is 0 Å². The number of nitrogens with zero attached hydrogens (tertiary/aromatic N) is 2. The predicted octanol–water partition coefficient (Wildman–Crippen LogP) is 1.86. The fourth-order valence-electron chi connectivity index (χ4n) is 2.31. The zero-order valence-electron chi connectivity index (χ0n) is 12.4. The third-order valence-electron chi connectivity index (χ3n) is 3.28. The summed E-state index contributed by atoms with van der Waals surface area (Å²) in [5, 5.41) is 6.69. The van der Waals surface area contributed by atoms with Crippen LogP contribution in [0, 0.1) is 5.92 Å². The second-order valence-corrected chi connectivity index (χ2v) is 5.95. The van der Waals surface area contributed by atoms with Crippen LogP contribution >= 0.6 is 35.7 Å². The van der Waals surface area contributed by atoms with Crippen LogP contribution < -0.4 is 10.6 Å². The van der Waals surface area contributed by atoms with E-state index in [0.717, 1.165) is 37.3 Å². The summed E-state index contributed by atoms with van der Waals surface area (Å²) in [6.45, 7) is 7.92. The lowest BCUT2D eigenvalue weighted by Crippen LogP contribution is -2.44. The minimum atomic E-state index is 0. The molecule has 1 atom stereocenters. The minimum absolute atomic E-state index is 0. The molecule has 0 aromatic rings. The molecule has 1 heterocycles. The molecule has 6 heteroatoms. The van der Waals surface area contributed by atoms with E-state index >= 15 is 0 Å². The molecule has 1 unspecified atom stereocenters. The summed E-state index contributed by atoms with van der Waals surface area (Å²) >= 11 is 1.85. The van der Waals surface area contributed by atoms with E-state index in [1.165, 1.54) is 25.9 Å². The van der Waals surface area contributed by atoms with Gasteiger partial charge in [-0.25, -0.2) is 0 Å². The zero-order chi connectivity index (χ0) is 13.2. The van der Waals surface area contributed by atoms with Crippen molar-refractivity contribution in [2.24, 2.45) is 10.9 Å². The van der Waals surface area contributed by atoms with Gasteiger partial charge in [-0.2, -0.15) is 11.8 Å². The average molecular weight is 400 g/mol. The van der Waals surface area contributed by atoms with Gasteiger partial charge in [0, 0.05) is 39.0 Å². The SMILES string of the molecule is CN=C(NCCSC)NCCN1CCCC(C)C1.I. The van der Waals surface area contributed by atoms with Crippen LogP contribution in [0.5, 0.6) is 0 Å². The molecule has 1 saturated heterocycles. The summed E-state index contributed by atoms with van der Waals surface area (Å²) in [4.78, 5) is 6.78. The van der Waals surface area contributed by atoms with E-state index < -0.39 is 0 Å². The van der Waals surface area contributed by atoms with E-state index in [0.29, 0.717) is 0 Å².